The third kappa shape index (κ3) is 2.72. The molecule has 8 heteroatoms. The topological polar surface area (TPSA) is 61.9 Å². The van der Waals surface area contributed by atoms with Crippen LogP contribution >= 0.6 is 27.5 Å². The Labute approximate surface area is 135 Å². The molecule has 6 nitrogen and oxygen atoms in total. The Bertz CT molecular complexity index is 686. The maximum absolute atomic E-state index is 11.8. The van der Waals surface area contributed by atoms with Gasteiger partial charge in [-0.3, -0.25) is 9.36 Å². The second-order valence-corrected chi connectivity index (χ2v) is 6.23. The number of aryl methyl sites for hydroxylation is 1. The Balaban J connectivity index is 1.98. The van der Waals surface area contributed by atoms with Crippen LogP contribution in [0.1, 0.15) is 40.6 Å². The number of nitrogens with zero attached hydrogens (tertiary/aromatic N) is 4. The van der Waals surface area contributed by atoms with E-state index in [4.69, 9.17) is 16.3 Å². The molecule has 2 aromatic heterocycles. The molecule has 3 rings (SSSR count). The van der Waals surface area contributed by atoms with Gasteiger partial charge in [0.1, 0.15) is 5.15 Å². The molecule has 0 bridgehead atoms. The second kappa shape index (κ2) is 5.46. The first-order valence-corrected chi connectivity index (χ1v) is 7.71. The predicted molar refractivity (Wildman–Crippen MR) is 80.6 cm³/mol. The molecule has 2 aromatic rings. The minimum atomic E-state index is -0.443. The molecule has 2 heterocycles. The normalized spacial score (nSPS) is 14.5. The van der Waals surface area contributed by atoms with Gasteiger partial charge in [-0.2, -0.15) is 10.2 Å². The van der Waals surface area contributed by atoms with Gasteiger partial charge in [0.2, 0.25) is 0 Å². The average Bonchev–Trinajstić information content (AvgIpc) is 3.16. The average molecular weight is 374 g/mol. The largest absolute Gasteiger partial charge is 0.464 e. The Morgan fingerprint density at radius 1 is 1.52 bits per heavy atom. The van der Waals surface area contributed by atoms with Crippen molar-refractivity contribution in [3.05, 3.63) is 32.8 Å². The number of carbonyl (C=O) groups is 1. The molecule has 1 aliphatic rings. The molecule has 0 N–H and O–H groups in total. The van der Waals surface area contributed by atoms with Crippen LogP contribution in [-0.2, 0) is 18.3 Å². The fourth-order valence-electron chi connectivity index (χ4n) is 2.28. The van der Waals surface area contributed by atoms with E-state index in [2.05, 4.69) is 26.1 Å². The number of aromatic nitrogens is 4. The van der Waals surface area contributed by atoms with Crippen LogP contribution in [0.3, 0.4) is 0 Å². The van der Waals surface area contributed by atoms with Crippen molar-refractivity contribution in [1.82, 2.24) is 19.6 Å². The number of esters is 1. The van der Waals surface area contributed by atoms with Crippen LogP contribution in [0.2, 0.25) is 5.15 Å². The zero-order chi connectivity index (χ0) is 15.1. The van der Waals surface area contributed by atoms with Gasteiger partial charge in [0.05, 0.1) is 29.5 Å². The van der Waals surface area contributed by atoms with Gasteiger partial charge < -0.3 is 4.74 Å². The SMILES string of the molecule is COC(=O)c1nn(Cc2cc(Cl)n(C)n2)c(C2CC2)c1Br. The summed E-state index contributed by atoms with van der Waals surface area (Å²) >= 11 is 9.49. The molecule has 0 unspecified atom stereocenters. The summed E-state index contributed by atoms with van der Waals surface area (Å²) in [5.41, 5.74) is 2.13. The molecule has 112 valence electrons. The van der Waals surface area contributed by atoms with E-state index < -0.39 is 5.97 Å². The molecule has 1 aliphatic carbocycles. The molecule has 0 spiro atoms. The van der Waals surface area contributed by atoms with Gasteiger partial charge >= 0.3 is 5.97 Å². The van der Waals surface area contributed by atoms with Gasteiger partial charge in [0.25, 0.3) is 0 Å². The summed E-state index contributed by atoms with van der Waals surface area (Å²) in [7, 11) is 3.13. The highest BCUT2D eigenvalue weighted by atomic mass is 79.9. The maximum atomic E-state index is 11.8. The lowest BCUT2D eigenvalue weighted by molar-refractivity contribution is 0.0592. The van der Waals surface area contributed by atoms with Gasteiger partial charge in [0, 0.05) is 19.0 Å². The quantitative estimate of drug-likeness (QED) is 0.773. The summed E-state index contributed by atoms with van der Waals surface area (Å²) in [6.07, 6.45) is 2.21. The summed E-state index contributed by atoms with van der Waals surface area (Å²) < 4.78 is 8.91. The molecule has 0 radical (unpaired) electrons. The van der Waals surface area contributed by atoms with E-state index in [1.165, 1.54) is 7.11 Å². The van der Waals surface area contributed by atoms with Gasteiger partial charge in [-0.15, -0.1) is 0 Å². The number of hydrogen-bond donors (Lipinski definition) is 0. The van der Waals surface area contributed by atoms with Gasteiger partial charge in [0.15, 0.2) is 5.69 Å². The van der Waals surface area contributed by atoms with Crippen LogP contribution in [0.25, 0.3) is 0 Å². The number of carbonyl (C=O) groups excluding carboxylic acids is 1. The van der Waals surface area contributed by atoms with Crippen molar-refractivity contribution in [3.63, 3.8) is 0 Å². The molecule has 1 fully saturated rings. The van der Waals surface area contributed by atoms with Crippen molar-refractivity contribution < 1.29 is 9.53 Å². The number of ether oxygens (including phenoxy) is 1. The molecule has 0 aliphatic heterocycles. The third-order valence-corrected chi connectivity index (χ3v) is 4.59. The number of methoxy groups -OCH3 is 1. The Kier molecular flexibility index (Phi) is 3.79. The van der Waals surface area contributed by atoms with E-state index in [1.54, 1.807) is 17.8 Å². The van der Waals surface area contributed by atoms with Gasteiger partial charge in [-0.05, 0) is 28.8 Å². The smallest absolute Gasteiger partial charge is 0.359 e. The summed E-state index contributed by atoms with van der Waals surface area (Å²) in [6.45, 7) is 0.474. The molecular weight excluding hydrogens is 360 g/mol. The van der Waals surface area contributed by atoms with E-state index in [0.717, 1.165) is 28.7 Å². The fourth-order valence-corrected chi connectivity index (χ4v) is 3.21. The first-order valence-electron chi connectivity index (χ1n) is 6.54. The van der Waals surface area contributed by atoms with Crippen LogP contribution in [-0.4, -0.2) is 32.6 Å². The standard InChI is InChI=1S/C13H14BrClN4O2/c1-18-9(15)5-8(16-18)6-19-12(7-3-4-7)10(14)11(17-19)13(20)21-2/h5,7H,3-4,6H2,1-2H3. The van der Waals surface area contributed by atoms with Crippen molar-refractivity contribution in [2.45, 2.75) is 25.3 Å². The summed E-state index contributed by atoms with van der Waals surface area (Å²) in [4.78, 5) is 11.8. The van der Waals surface area contributed by atoms with E-state index in [1.807, 2.05) is 4.68 Å². The van der Waals surface area contributed by atoms with E-state index in [-0.39, 0.29) is 0 Å². The van der Waals surface area contributed by atoms with Crippen LogP contribution in [0.4, 0.5) is 0 Å². The summed E-state index contributed by atoms with van der Waals surface area (Å²) in [5, 5.41) is 9.27. The number of rotatable bonds is 4. The highest BCUT2D eigenvalue weighted by molar-refractivity contribution is 9.10. The summed E-state index contributed by atoms with van der Waals surface area (Å²) in [6, 6.07) is 1.80. The Morgan fingerprint density at radius 3 is 2.76 bits per heavy atom. The van der Waals surface area contributed by atoms with Gasteiger partial charge in [-0.25, -0.2) is 4.79 Å². The Morgan fingerprint density at radius 2 is 2.24 bits per heavy atom. The molecule has 0 atom stereocenters. The zero-order valence-corrected chi connectivity index (χ0v) is 14.0. The minimum Gasteiger partial charge on any atom is -0.464 e. The third-order valence-electron chi connectivity index (χ3n) is 3.46. The predicted octanol–water partition coefficient (Wildman–Crippen LogP) is 2.74. The Hall–Kier alpha value is -1.34. The van der Waals surface area contributed by atoms with Crippen LogP contribution in [0.5, 0.6) is 0 Å². The van der Waals surface area contributed by atoms with E-state index in [9.17, 15) is 4.79 Å². The second-order valence-electron chi connectivity index (χ2n) is 5.05. The first-order chi connectivity index (χ1) is 10.0. The molecule has 0 saturated heterocycles. The minimum absolute atomic E-state index is 0.307. The van der Waals surface area contributed by atoms with Crippen LogP contribution in [0, 0.1) is 0 Å². The van der Waals surface area contributed by atoms with Crippen molar-refractivity contribution in [3.8, 4) is 0 Å². The number of hydrogen-bond acceptors (Lipinski definition) is 4. The molecule has 21 heavy (non-hydrogen) atoms. The fraction of sp³-hybridized carbons (Fsp3) is 0.462. The highest BCUT2D eigenvalue weighted by Crippen LogP contribution is 2.44. The summed E-state index contributed by atoms with van der Waals surface area (Å²) in [5.74, 6) is -0.00829. The highest BCUT2D eigenvalue weighted by Gasteiger charge is 2.33. The molecular formula is C13H14BrClN4O2. The van der Waals surface area contributed by atoms with Crippen LogP contribution in [0.15, 0.2) is 10.5 Å². The number of halogens is 2. The van der Waals surface area contributed by atoms with Crippen molar-refractivity contribution >= 4 is 33.5 Å². The maximum Gasteiger partial charge on any atom is 0.359 e. The molecule has 0 aromatic carbocycles. The lowest BCUT2D eigenvalue weighted by atomic mass is 10.2. The van der Waals surface area contributed by atoms with Crippen molar-refractivity contribution in [2.24, 2.45) is 7.05 Å². The zero-order valence-electron chi connectivity index (χ0n) is 11.6. The lowest BCUT2D eigenvalue weighted by Crippen LogP contribution is -2.08. The lowest BCUT2D eigenvalue weighted by Gasteiger charge is -2.04. The molecule has 0 amide bonds. The van der Waals surface area contributed by atoms with Crippen molar-refractivity contribution in [1.29, 1.82) is 0 Å². The van der Waals surface area contributed by atoms with E-state index in [0.29, 0.717) is 23.3 Å². The monoisotopic (exact) mass is 372 g/mol. The van der Waals surface area contributed by atoms with Gasteiger partial charge in [-0.1, -0.05) is 11.6 Å². The molecule has 1 saturated carbocycles. The van der Waals surface area contributed by atoms with Crippen LogP contribution < -0.4 is 0 Å². The first kappa shape index (κ1) is 14.6. The van der Waals surface area contributed by atoms with E-state index >= 15 is 0 Å². The van der Waals surface area contributed by atoms with Crippen molar-refractivity contribution in [2.75, 3.05) is 7.11 Å².